The predicted molar refractivity (Wildman–Crippen MR) is 69.2 cm³/mol. The van der Waals surface area contributed by atoms with Gasteiger partial charge in [-0.15, -0.1) is 0 Å². The lowest BCUT2D eigenvalue weighted by atomic mass is 9.86. The van der Waals surface area contributed by atoms with E-state index in [1.54, 1.807) is 0 Å². The van der Waals surface area contributed by atoms with Crippen LogP contribution in [0.4, 0.5) is 5.69 Å². The second kappa shape index (κ2) is 4.46. The normalized spacial score (nSPS) is 19.8. The van der Waals surface area contributed by atoms with Crippen LogP contribution in [0.2, 0.25) is 0 Å². The number of para-hydroxylation sites is 1. The minimum Gasteiger partial charge on any atom is -0.398 e. The Bertz CT molecular complexity index is 354. The van der Waals surface area contributed by atoms with Crippen LogP contribution >= 0.6 is 0 Å². The second-order valence-electron chi connectivity index (χ2n) is 5.26. The van der Waals surface area contributed by atoms with Crippen LogP contribution in [0.15, 0.2) is 24.3 Å². The van der Waals surface area contributed by atoms with Crippen molar-refractivity contribution in [3.05, 3.63) is 29.8 Å². The number of anilines is 1. The molecule has 0 saturated carbocycles. The van der Waals surface area contributed by atoms with E-state index in [9.17, 15) is 0 Å². The van der Waals surface area contributed by atoms with E-state index in [0.29, 0.717) is 6.04 Å². The SMILES string of the molecule is CC(C)C1CN(C(C)c2ccccc2N)C1. The van der Waals surface area contributed by atoms with Crippen molar-refractivity contribution in [1.29, 1.82) is 0 Å². The molecule has 0 radical (unpaired) electrons. The first-order chi connectivity index (χ1) is 7.59. The van der Waals surface area contributed by atoms with E-state index >= 15 is 0 Å². The van der Waals surface area contributed by atoms with Crippen LogP contribution < -0.4 is 5.73 Å². The van der Waals surface area contributed by atoms with Gasteiger partial charge in [0.05, 0.1) is 0 Å². The average Bonchev–Trinajstić information content (AvgIpc) is 2.15. The van der Waals surface area contributed by atoms with E-state index in [4.69, 9.17) is 5.73 Å². The number of hydrogen-bond donors (Lipinski definition) is 1. The lowest BCUT2D eigenvalue weighted by Crippen LogP contribution is -2.49. The summed E-state index contributed by atoms with van der Waals surface area (Å²) in [5, 5.41) is 0. The van der Waals surface area contributed by atoms with E-state index in [1.165, 1.54) is 18.7 Å². The molecule has 0 aromatic heterocycles. The van der Waals surface area contributed by atoms with Crippen molar-refractivity contribution in [2.24, 2.45) is 11.8 Å². The van der Waals surface area contributed by atoms with Gasteiger partial charge in [0.25, 0.3) is 0 Å². The van der Waals surface area contributed by atoms with Crippen molar-refractivity contribution in [1.82, 2.24) is 4.90 Å². The second-order valence-corrected chi connectivity index (χ2v) is 5.26. The maximum atomic E-state index is 6.01. The Morgan fingerprint density at radius 3 is 2.38 bits per heavy atom. The van der Waals surface area contributed by atoms with E-state index in [2.05, 4.69) is 37.8 Å². The van der Waals surface area contributed by atoms with Crippen LogP contribution in [0.25, 0.3) is 0 Å². The van der Waals surface area contributed by atoms with Gasteiger partial charge in [0.2, 0.25) is 0 Å². The molecule has 1 aliphatic rings. The quantitative estimate of drug-likeness (QED) is 0.790. The number of rotatable bonds is 3. The molecule has 1 unspecified atom stereocenters. The van der Waals surface area contributed by atoms with Gasteiger partial charge in [0, 0.05) is 24.8 Å². The molecule has 16 heavy (non-hydrogen) atoms. The average molecular weight is 218 g/mol. The Hall–Kier alpha value is -1.02. The Balaban J connectivity index is 2.00. The third kappa shape index (κ3) is 2.07. The summed E-state index contributed by atoms with van der Waals surface area (Å²) in [6.07, 6.45) is 0. The van der Waals surface area contributed by atoms with Crippen LogP contribution in [0.3, 0.4) is 0 Å². The molecular formula is C14H22N2. The first-order valence-corrected chi connectivity index (χ1v) is 6.18. The molecule has 1 aliphatic heterocycles. The minimum atomic E-state index is 0.455. The van der Waals surface area contributed by atoms with Crippen molar-refractivity contribution < 1.29 is 0 Å². The van der Waals surface area contributed by atoms with Crippen molar-refractivity contribution in [3.8, 4) is 0 Å². The summed E-state index contributed by atoms with van der Waals surface area (Å²) < 4.78 is 0. The van der Waals surface area contributed by atoms with Gasteiger partial charge in [-0.3, -0.25) is 4.90 Å². The monoisotopic (exact) mass is 218 g/mol. The van der Waals surface area contributed by atoms with Gasteiger partial charge in [-0.05, 0) is 30.4 Å². The molecule has 2 nitrogen and oxygen atoms in total. The number of hydrogen-bond acceptors (Lipinski definition) is 2. The molecule has 2 heteroatoms. The number of nitrogens with two attached hydrogens (primary N) is 1. The third-order valence-corrected chi connectivity index (χ3v) is 3.87. The highest BCUT2D eigenvalue weighted by Gasteiger charge is 2.32. The third-order valence-electron chi connectivity index (χ3n) is 3.87. The van der Waals surface area contributed by atoms with Gasteiger partial charge < -0.3 is 5.73 Å². The molecule has 0 aliphatic carbocycles. The molecule has 1 saturated heterocycles. The maximum absolute atomic E-state index is 6.01. The van der Waals surface area contributed by atoms with Gasteiger partial charge in [-0.2, -0.15) is 0 Å². The maximum Gasteiger partial charge on any atom is 0.0362 e. The highest BCUT2D eigenvalue weighted by molar-refractivity contribution is 5.48. The molecule has 88 valence electrons. The lowest BCUT2D eigenvalue weighted by molar-refractivity contribution is 0.0339. The van der Waals surface area contributed by atoms with E-state index < -0.39 is 0 Å². The summed E-state index contributed by atoms with van der Waals surface area (Å²) in [6, 6.07) is 8.66. The fourth-order valence-corrected chi connectivity index (χ4v) is 2.37. The van der Waals surface area contributed by atoms with Gasteiger partial charge in [0.1, 0.15) is 0 Å². The standard InChI is InChI=1S/C14H22N2/c1-10(2)12-8-16(9-12)11(3)13-6-4-5-7-14(13)15/h4-7,10-12H,8-9,15H2,1-3H3. The summed E-state index contributed by atoms with van der Waals surface area (Å²) in [5.74, 6) is 1.67. The minimum absolute atomic E-state index is 0.455. The fourth-order valence-electron chi connectivity index (χ4n) is 2.37. The molecule has 1 aromatic rings. The van der Waals surface area contributed by atoms with Crippen LogP contribution in [0.5, 0.6) is 0 Å². The highest BCUT2D eigenvalue weighted by Crippen LogP contribution is 2.33. The largest absolute Gasteiger partial charge is 0.398 e. The molecule has 2 rings (SSSR count). The Labute approximate surface area is 98.4 Å². The summed E-state index contributed by atoms with van der Waals surface area (Å²) in [7, 11) is 0. The molecule has 1 aromatic carbocycles. The number of likely N-dealkylation sites (tertiary alicyclic amines) is 1. The van der Waals surface area contributed by atoms with Gasteiger partial charge in [-0.25, -0.2) is 0 Å². The lowest BCUT2D eigenvalue weighted by Gasteiger charge is -2.45. The zero-order valence-electron chi connectivity index (χ0n) is 10.5. The van der Waals surface area contributed by atoms with E-state index in [1.807, 2.05) is 12.1 Å². The van der Waals surface area contributed by atoms with Gasteiger partial charge >= 0.3 is 0 Å². The predicted octanol–water partition coefficient (Wildman–Crippen LogP) is 2.92. The van der Waals surface area contributed by atoms with Crippen LogP contribution in [-0.2, 0) is 0 Å². The van der Waals surface area contributed by atoms with Crippen LogP contribution in [-0.4, -0.2) is 18.0 Å². The van der Waals surface area contributed by atoms with Gasteiger partial charge in [-0.1, -0.05) is 32.0 Å². The zero-order valence-corrected chi connectivity index (χ0v) is 10.5. The topological polar surface area (TPSA) is 29.3 Å². The first-order valence-electron chi connectivity index (χ1n) is 6.18. The van der Waals surface area contributed by atoms with Crippen molar-refractivity contribution in [2.45, 2.75) is 26.8 Å². The molecule has 0 amide bonds. The van der Waals surface area contributed by atoms with Crippen molar-refractivity contribution in [3.63, 3.8) is 0 Å². The molecule has 0 bridgehead atoms. The molecule has 2 N–H and O–H groups in total. The summed E-state index contributed by atoms with van der Waals surface area (Å²) in [4.78, 5) is 2.51. The summed E-state index contributed by atoms with van der Waals surface area (Å²) >= 11 is 0. The Morgan fingerprint density at radius 2 is 1.81 bits per heavy atom. The molecule has 1 fully saturated rings. The molecule has 1 atom stereocenters. The van der Waals surface area contributed by atoms with Crippen molar-refractivity contribution >= 4 is 5.69 Å². The Kier molecular flexibility index (Phi) is 3.20. The Morgan fingerprint density at radius 1 is 1.19 bits per heavy atom. The van der Waals surface area contributed by atoms with Crippen LogP contribution in [0, 0.1) is 11.8 Å². The smallest absolute Gasteiger partial charge is 0.0362 e. The summed E-state index contributed by atoms with van der Waals surface area (Å²) in [5.41, 5.74) is 8.19. The van der Waals surface area contributed by atoms with Gasteiger partial charge in [0.15, 0.2) is 0 Å². The fraction of sp³-hybridized carbons (Fsp3) is 0.571. The zero-order chi connectivity index (χ0) is 11.7. The van der Waals surface area contributed by atoms with E-state index in [-0.39, 0.29) is 0 Å². The summed E-state index contributed by atoms with van der Waals surface area (Å²) in [6.45, 7) is 9.30. The van der Waals surface area contributed by atoms with E-state index in [0.717, 1.165) is 17.5 Å². The molecule has 1 heterocycles. The molecule has 0 spiro atoms. The molecular weight excluding hydrogens is 196 g/mol. The number of benzene rings is 1. The highest BCUT2D eigenvalue weighted by atomic mass is 15.2. The van der Waals surface area contributed by atoms with Crippen molar-refractivity contribution in [2.75, 3.05) is 18.8 Å². The van der Waals surface area contributed by atoms with Crippen LogP contribution in [0.1, 0.15) is 32.4 Å². The first kappa shape index (κ1) is 11.5. The number of nitrogens with zero attached hydrogens (tertiary/aromatic N) is 1. The number of nitrogen functional groups attached to an aromatic ring is 1.